The van der Waals surface area contributed by atoms with Crippen LogP contribution in [0.4, 0.5) is 0 Å². The Morgan fingerprint density at radius 1 is 0.833 bits per heavy atom. The average molecular weight is 254 g/mol. The third-order valence-electron chi connectivity index (χ3n) is 3.16. The SMILES string of the molecule is PC=CCCC(c1ccccc1)c1ccccc1. The van der Waals surface area contributed by atoms with Crippen molar-refractivity contribution in [1.29, 1.82) is 0 Å². The molecule has 2 aromatic carbocycles. The third kappa shape index (κ3) is 3.55. The first kappa shape index (κ1) is 13.1. The fourth-order valence-corrected chi connectivity index (χ4v) is 2.45. The summed E-state index contributed by atoms with van der Waals surface area (Å²) in [6.07, 6.45) is 4.47. The zero-order valence-corrected chi connectivity index (χ0v) is 11.7. The fourth-order valence-electron chi connectivity index (χ4n) is 2.26. The van der Waals surface area contributed by atoms with Gasteiger partial charge in [-0.15, -0.1) is 9.24 Å². The fraction of sp³-hybridized carbons (Fsp3) is 0.176. The summed E-state index contributed by atoms with van der Waals surface area (Å²) in [5.74, 6) is 2.54. The van der Waals surface area contributed by atoms with Gasteiger partial charge in [0, 0.05) is 5.92 Å². The summed E-state index contributed by atoms with van der Waals surface area (Å²) in [4.78, 5) is 0. The van der Waals surface area contributed by atoms with Crippen LogP contribution in [0.25, 0.3) is 0 Å². The van der Waals surface area contributed by atoms with Gasteiger partial charge < -0.3 is 0 Å². The van der Waals surface area contributed by atoms with Crippen molar-refractivity contribution >= 4 is 9.24 Å². The summed E-state index contributed by atoms with van der Waals surface area (Å²) in [5, 5.41) is 0. The average Bonchev–Trinajstić information content (AvgIpc) is 2.46. The van der Waals surface area contributed by atoms with Gasteiger partial charge >= 0.3 is 0 Å². The predicted molar refractivity (Wildman–Crippen MR) is 82.8 cm³/mol. The predicted octanol–water partition coefficient (Wildman–Crippen LogP) is 4.99. The Morgan fingerprint density at radius 3 is 1.78 bits per heavy atom. The highest BCUT2D eigenvalue weighted by Gasteiger charge is 2.12. The largest absolute Gasteiger partial charge is 0.114 e. The summed E-state index contributed by atoms with van der Waals surface area (Å²) in [6, 6.07) is 21.5. The molecule has 0 amide bonds. The Kier molecular flexibility index (Phi) is 5.17. The molecule has 0 bridgehead atoms. The van der Waals surface area contributed by atoms with Gasteiger partial charge in [-0.2, -0.15) is 0 Å². The molecule has 92 valence electrons. The molecule has 2 aromatic rings. The highest BCUT2D eigenvalue weighted by Crippen LogP contribution is 2.29. The van der Waals surface area contributed by atoms with E-state index in [9.17, 15) is 0 Å². The van der Waals surface area contributed by atoms with Gasteiger partial charge in [-0.25, -0.2) is 0 Å². The van der Waals surface area contributed by atoms with Crippen molar-refractivity contribution < 1.29 is 0 Å². The monoisotopic (exact) mass is 254 g/mol. The van der Waals surface area contributed by atoms with Crippen LogP contribution in [0.15, 0.2) is 72.6 Å². The van der Waals surface area contributed by atoms with Gasteiger partial charge in [0.05, 0.1) is 0 Å². The van der Waals surface area contributed by atoms with Crippen molar-refractivity contribution in [3.63, 3.8) is 0 Å². The van der Waals surface area contributed by atoms with Crippen molar-refractivity contribution in [1.82, 2.24) is 0 Å². The first-order valence-corrected chi connectivity index (χ1v) is 7.05. The Hall–Kier alpha value is -1.39. The molecule has 0 aliphatic carbocycles. The van der Waals surface area contributed by atoms with Gasteiger partial charge in [-0.1, -0.05) is 72.6 Å². The molecule has 0 radical (unpaired) electrons. The molecule has 1 atom stereocenters. The van der Waals surface area contributed by atoms with Crippen LogP contribution < -0.4 is 0 Å². The Labute approximate surface area is 112 Å². The normalized spacial score (nSPS) is 11.2. The number of hydrogen-bond acceptors (Lipinski definition) is 0. The second kappa shape index (κ2) is 7.13. The molecule has 0 aliphatic rings. The van der Waals surface area contributed by atoms with Crippen LogP contribution in [0.2, 0.25) is 0 Å². The summed E-state index contributed by atoms with van der Waals surface area (Å²) < 4.78 is 0. The molecule has 0 heterocycles. The molecule has 0 aromatic heterocycles. The van der Waals surface area contributed by atoms with E-state index in [2.05, 4.69) is 76.0 Å². The quantitative estimate of drug-likeness (QED) is 0.659. The molecular weight excluding hydrogens is 235 g/mol. The Bertz CT molecular complexity index is 434. The van der Waals surface area contributed by atoms with Crippen LogP contribution in [-0.2, 0) is 0 Å². The van der Waals surface area contributed by atoms with E-state index in [-0.39, 0.29) is 0 Å². The molecule has 0 saturated heterocycles. The molecule has 1 unspecified atom stereocenters. The van der Waals surface area contributed by atoms with Crippen molar-refractivity contribution in [2.24, 2.45) is 0 Å². The minimum absolute atomic E-state index is 0.494. The number of benzene rings is 2. The molecular formula is C17H19P. The molecule has 0 spiro atoms. The van der Waals surface area contributed by atoms with E-state index < -0.39 is 0 Å². The summed E-state index contributed by atoms with van der Waals surface area (Å²) in [6.45, 7) is 0. The van der Waals surface area contributed by atoms with Crippen LogP contribution in [0.3, 0.4) is 0 Å². The zero-order valence-electron chi connectivity index (χ0n) is 10.5. The molecule has 0 fully saturated rings. The van der Waals surface area contributed by atoms with Crippen LogP contribution in [-0.4, -0.2) is 0 Å². The minimum atomic E-state index is 0.494. The molecule has 2 rings (SSSR count). The highest BCUT2D eigenvalue weighted by atomic mass is 31.0. The minimum Gasteiger partial charge on any atom is -0.114 e. The van der Waals surface area contributed by atoms with Crippen molar-refractivity contribution in [3.05, 3.63) is 83.7 Å². The van der Waals surface area contributed by atoms with Gasteiger partial charge in [-0.3, -0.25) is 0 Å². The number of allylic oxidation sites excluding steroid dienone is 1. The maximum absolute atomic E-state index is 2.64. The van der Waals surface area contributed by atoms with Crippen molar-refractivity contribution in [3.8, 4) is 0 Å². The van der Waals surface area contributed by atoms with E-state index in [1.165, 1.54) is 11.1 Å². The highest BCUT2D eigenvalue weighted by molar-refractivity contribution is 7.20. The molecule has 0 nitrogen and oxygen atoms in total. The van der Waals surface area contributed by atoms with E-state index in [4.69, 9.17) is 0 Å². The standard InChI is InChI=1S/C17H19P/c18-14-8-7-13-17(15-9-3-1-4-10-15)16-11-5-2-6-12-16/h1-6,8-12,14,17H,7,13,18H2. The topological polar surface area (TPSA) is 0 Å². The molecule has 0 N–H and O–H groups in total. The lowest BCUT2D eigenvalue weighted by Gasteiger charge is -2.17. The summed E-state index contributed by atoms with van der Waals surface area (Å²) in [7, 11) is 2.64. The maximum atomic E-state index is 2.64. The van der Waals surface area contributed by atoms with E-state index >= 15 is 0 Å². The lowest BCUT2D eigenvalue weighted by Crippen LogP contribution is -2.00. The lowest BCUT2D eigenvalue weighted by atomic mass is 9.87. The van der Waals surface area contributed by atoms with Crippen LogP contribution in [0.5, 0.6) is 0 Å². The van der Waals surface area contributed by atoms with Gasteiger partial charge in [0.1, 0.15) is 0 Å². The van der Waals surface area contributed by atoms with Gasteiger partial charge in [0.2, 0.25) is 0 Å². The van der Waals surface area contributed by atoms with E-state index in [0.29, 0.717) is 5.92 Å². The van der Waals surface area contributed by atoms with E-state index in [1.54, 1.807) is 0 Å². The zero-order chi connectivity index (χ0) is 12.6. The summed E-state index contributed by atoms with van der Waals surface area (Å²) in [5.41, 5.74) is 2.81. The molecule has 18 heavy (non-hydrogen) atoms. The first-order valence-electron chi connectivity index (χ1n) is 6.38. The Balaban J connectivity index is 2.23. The van der Waals surface area contributed by atoms with Crippen molar-refractivity contribution in [2.75, 3.05) is 0 Å². The van der Waals surface area contributed by atoms with Gasteiger partial charge in [-0.05, 0) is 24.0 Å². The van der Waals surface area contributed by atoms with Crippen LogP contribution in [0, 0.1) is 0 Å². The first-order chi connectivity index (χ1) is 8.92. The third-order valence-corrected chi connectivity index (χ3v) is 3.43. The lowest BCUT2D eigenvalue weighted by molar-refractivity contribution is 0.729. The second-order valence-corrected chi connectivity index (χ2v) is 4.76. The smallest absolute Gasteiger partial charge is 0.00922 e. The maximum Gasteiger partial charge on any atom is 0.00922 e. The van der Waals surface area contributed by atoms with E-state index in [1.807, 2.05) is 5.82 Å². The van der Waals surface area contributed by atoms with E-state index in [0.717, 1.165) is 12.8 Å². The van der Waals surface area contributed by atoms with Crippen LogP contribution >= 0.6 is 9.24 Å². The number of rotatable bonds is 5. The molecule has 0 saturated carbocycles. The second-order valence-electron chi connectivity index (χ2n) is 4.38. The Morgan fingerprint density at radius 2 is 1.33 bits per heavy atom. The van der Waals surface area contributed by atoms with Crippen LogP contribution in [0.1, 0.15) is 29.9 Å². The van der Waals surface area contributed by atoms with Gasteiger partial charge in [0.25, 0.3) is 0 Å². The molecule has 0 aliphatic heterocycles. The molecule has 1 heteroatoms. The van der Waals surface area contributed by atoms with Crippen molar-refractivity contribution in [2.45, 2.75) is 18.8 Å². The van der Waals surface area contributed by atoms with Gasteiger partial charge in [0.15, 0.2) is 0 Å². The summed E-state index contributed by atoms with van der Waals surface area (Å²) >= 11 is 0. The number of hydrogen-bond donors (Lipinski definition) is 0.